The molecule has 0 amide bonds. The maximum atomic E-state index is 4.52. The number of nitrogens with zero attached hydrogens (tertiary/aromatic N) is 2. The van der Waals surface area contributed by atoms with E-state index in [0.29, 0.717) is 0 Å². The third kappa shape index (κ3) is 2.77. The molecule has 0 radical (unpaired) electrons. The summed E-state index contributed by atoms with van der Waals surface area (Å²) < 4.78 is 0. The average Bonchev–Trinajstić information content (AvgIpc) is 2.56. The van der Waals surface area contributed by atoms with Crippen LogP contribution >= 0.6 is 0 Å². The summed E-state index contributed by atoms with van der Waals surface area (Å²) in [6, 6.07) is 16.6. The van der Waals surface area contributed by atoms with Crippen molar-refractivity contribution in [2.24, 2.45) is 0 Å². The fourth-order valence-corrected chi connectivity index (χ4v) is 2.27. The molecule has 3 nitrogen and oxygen atoms in total. The Hall–Kier alpha value is -2.68. The summed E-state index contributed by atoms with van der Waals surface area (Å²) in [7, 11) is 1.91. The van der Waals surface area contributed by atoms with Crippen molar-refractivity contribution in [2.45, 2.75) is 6.92 Å². The Morgan fingerprint density at radius 2 is 1.19 bits per heavy atom. The normalized spacial score (nSPS) is 10.4. The van der Waals surface area contributed by atoms with Gasteiger partial charge in [0.1, 0.15) is 0 Å². The molecule has 104 valence electrons. The second-order valence-electron chi connectivity index (χ2n) is 4.95. The van der Waals surface area contributed by atoms with E-state index in [1.165, 1.54) is 5.56 Å². The first kappa shape index (κ1) is 13.3. The van der Waals surface area contributed by atoms with Gasteiger partial charge in [0.05, 0.1) is 11.4 Å². The lowest BCUT2D eigenvalue weighted by Crippen LogP contribution is -1.93. The summed E-state index contributed by atoms with van der Waals surface area (Å²) >= 11 is 0. The molecule has 0 bridgehead atoms. The van der Waals surface area contributed by atoms with Crippen molar-refractivity contribution in [1.82, 2.24) is 9.97 Å². The van der Waals surface area contributed by atoms with Crippen molar-refractivity contribution in [3.8, 4) is 22.5 Å². The first-order chi connectivity index (χ1) is 10.3. The van der Waals surface area contributed by atoms with Gasteiger partial charge in [0.2, 0.25) is 0 Å². The van der Waals surface area contributed by atoms with Crippen LogP contribution in [-0.2, 0) is 0 Å². The maximum Gasteiger partial charge on any atom is 0.0965 e. The summed E-state index contributed by atoms with van der Waals surface area (Å²) in [4.78, 5) is 9.04. The zero-order valence-corrected chi connectivity index (χ0v) is 12.2. The highest BCUT2D eigenvalue weighted by Crippen LogP contribution is 2.29. The van der Waals surface area contributed by atoms with E-state index in [2.05, 4.69) is 58.6 Å². The lowest BCUT2D eigenvalue weighted by Gasteiger charge is -2.09. The molecule has 0 atom stereocenters. The summed E-state index contributed by atoms with van der Waals surface area (Å²) in [5, 5.41) is 3.12. The lowest BCUT2D eigenvalue weighted by molar-refractivity contribution is 1.21. The van der Waals surface area contributed by atoms with Gasteiger partial charge in [0.15, 0.2) is 0 Å². The number of hydrogen-bond donors (Lipinski definition) is 1. The topological polar surface area (TPSA) is 37.8 Å². The highest BCUT2D eigenvalue weighted by atomic mass is 14.8. The molecule has 3 aromatic rings. The predicted octanol–water partition coefficient (Wildman–Crippen LogP) is 4.16. The minimum atomic E-state index is 0.906. The molecule has 0 saturated heterocycles. The first-order valence-corrected chi connectivity index (χ1v) is 6.94. The summed E-state index contributed by atoms with van der Waals surface area (Å²) in [5.41, 5.74) is 6.29. The van der Waals surface area contributed by atoms with Gasteiger partial charge in [0, 0.05) is 36.3 Å². The van der Waals surface area contributed by atoms with Gasteiger partial charge in [-0.25, -0.2) is 0 Å². The molecule has 0 spiro atoms. The van der Waals surface area contributed by atoms with Crippen LogP contribution in [0.2, 0.25) is 0 Å². The van der Waals surface area contributed by atoms with E-state index in [9.17, 15) is 0 Å². The Kier molecular flexibility index (Phi) is 3.65. The van der Waals surface area contributed by atoms with E-state index in [-0.39, 0.29) is 0 Å². The molecular weight excluding hydrogens is 258 g/mol. The number of anilines is 1. The fourth-order valence-electron chi connectivity index (χ4n) is 2.27. The largest absolute Gasteiger partial charge is 0.388 e. The quantitative estimate of drug-likeness (QED) is 0.780. The molecule has 0 fully saturated rings. The van der Waals surface area contributed by atoms with Crippen molar-refractivity contribution in [1.29, 1.82) is 0 Å². The van der Waals surface area contributed by atoms with Crippen molar-refractivity contribution >= 4 is 5.69 Å². The van der Waals surface area contributed by atoms with Crippen molar-refractivity contribution in [3.05, 3.63) is 66.5 Å². The number of nitrogens with one attached hydrogen (secondary N) is 1. The van der Waals surface area contributed by atoms with Crippen LogP contribution in [0.5, 0.6) is 0 Å². The van der Waals surface area contributed by atoms with E-state index in [1.54, 1.807) is 12.4 Å². The third-order valence-electron chi connectivity index (χ3n) is 3.47. The number of hydrogen-bond acceptors (Lipinski definition) is 3. The SMILES string of the molecule is CNc1ccc(-c2nccnc2-c2ccc(C)cc2)cc1. The molecular formula is C18H17N3. The van der Waals surface area contributed by atoms with E-state index < -0.39 is 0 Å². The molecule has 2 aromatic carbocycles. The molecule has 1 N–H and O–H groups in total. The van der Waals surface area contributed by atoms with Gasteiger partial charge in [-0.05, 0) is 19.1 Å². The molecule has 0 aliphatic carbocycles. The molecule has 1 aromatic heterocycles. The third-order valence-corrected chi connectivity index (χ3v) is 3.47. The van der Waals surface area contributed by atoms with Crippen LogP contribution in [0.3, 0.4) is 0 Å². The highest BCUT2D eigenvalue weighted by molar-refractivity contribution is 5.78. The Morgan fingerprint density at radius 1 is 0.714 bits per heavy atom. The van der Waals surface area contributed by atoms with Gasteiger partial charge >= 0.3 is 0 Å². The van der Waals surface area contributed by atoms with Crippen LogP contribution in [0.15, 0.2) is 60.9 Å². The molecule has 0 unspecified atom stereocenters. The first-order valence-electron chi connectivity index (χ1n) is 6.94. The summed E-state index contributed by atoms with van der Waals surface area (Å²) in [5.74, 6) is 0. The van der Waals surface area contributed by atoms with Crippen molar-refractivity contribution in [2.75, 3.05) is 12.4 Å². The lowest BCUT2D eigenvalue weighted by atomic mass is 10.0. The number of rotatable bonds is 3. The van der Waals surface area contributed by atoms with E-state index in [0.717, 1.165) is 28.2 Å². The van der Waals surface area contributed by atoms with Crippen molar-refractivity contribution < 1.29 is 0 Å². The summed E-state index contributed by atoms with van der Waals surface area (Å²) in [6.45, 7) is 2.08. The Morgan fingerprint density at radius 3 is 1.67 bits per heavy atom. The van der Waals surface area contributed by atoms with Crippen LogP contribution in [0, 0.1) is 6.92 Å². The minimum Gasteiger partial charge on any atom is -0.388 e. The Balaban J connectivity index is 2.08. The minimum absolute atomic E-state index is 0.906. The van der Waals surface area contributed by atoms with Crippen LogP contribution in [0.1, 0.15) is 5.56 Å². The molecule has 0 aliphatic heterocycles. The highest BCUT2D eigenvalue weighted by Gasteiger charge is 2.09. The molecule has 21 heavy (non-hydrogen) atoms. The zero-order chi connectivity index (χ0) is 14.7. The van der Waals surface area contributed by atoms with Crippen LogP contribution in [0.4, 0.5) is 5.69 Å². The zero-order valence-electron chi connectivity index (χ0n) is 12.2. The smallest absolute Gasteiger partial charge is 0.0965 e. The number of aromatic nitrogens is 2. The van der Waals surface area contributed by atoms with E-state index >= 15 is 0 Å². The number of benzene rings is 2. The van der Waals surface area contributed by atoms with Gasteiger partial charge in [-0.3, -0.25) is 9.97 Å². The molecule has 1 heterocycles. The van der Waals surface area contributed by atoms with Gasteiger partial charge in [0.25, 0.3) is 0 Å². The van der Waals surface area contributed by atoms with Gasteiger partial charge in [-0.15, -0.1) is 0 Å². The molecule has 3 rings (SSSR count). The molecule has 0 aliphatic rings. The van der Waals surface area contributed by atoms with Gasteiger partial charge < -0.3 is 5.32 Å². The maximum absolute atomic E-state index is 4.52. The predicted molar refractivity (Wildman–Crippen MR) is 87.2 cm³/mol. The Labute approximate surface area is 124 Å². The standard InChI is InChI=1S/C18H17N3/c1-13-3-5-14(6-4-13)17-18(21-12-11-20-17)15-7-9-16(19-2)10-8-15/h3-12,19H,1-2H3. The van der Waals surface area contributed by atoms with Gasteiger partial charge in [-0.1, -0.05) is 42.0 Å². The van der Waals surface area contributed by atoms with Gasteiger partial charge in [-0.2, -0.15) is 0 Å². The van der Waals surface area contributed by atoms with Crippen LogP contribution in [-0.4, -0.2) is 17.0 Å². The van der Waals surface area contributed by atoms with Crippen LogP contribution in [0.25, 0.3) is 22.5 Å². The summed E-state index contributed by atoms with van der Waals surface area (Å²) in [6.07, 6.45) is 3.47. The fraction of sp³-hybridized carbons (Fsp3) is 0.111. The van der Waals surface area contributed by atoms with Crippen LogP contribution < -0.4 is 5.32 Å². The second-order valence-corrected chi connectivity index (χ2v) is 4.95. The average molecular weight is 275 g/mol. The Bertz CT molecular complexity index is 731. The molecule has 3 heteroatoms. The molecule has 0 saturated carbocycles. The second kappa shape index (κ2) is 5.75. The number of aryl methyl sites for hydroxylation is 1. The van der Waals surface area contributed by atoms with E-state index in [4.69, 9.17) is 0 Å². The van der Waals surface area contributed by atoms with Crippen molar-refractivity contribution in [3.63, 3.8) is 0 Å². The monoisotopic (exact) mass is 275 g/mol. The van der Waals surface area contributed by atoms with E-state index in [1.807, 2.05) is 19.2 Å².